The summed E-state index contributed by atoms with van der Waals surface area (Å²) >= 11 is 0. The van der Waals surface area contributed by atoms with E-state index in [0.717, 1.165) is 103 Å². The van der Waals surface area contributed by atoms with E-state index in [0.29, 0.717) is 17.4 Å². The highest BCUT2D eigenvalue weighted by Gasteiger charge is 2.22. The van der Waals surface area contributed by atoms with Gasteiger partial charge in [0.2, 0.25) is 0 Å². The fourth-order valence-electron chi connectivity index (χ4n) is 9.23. The first-order chi connectivity index (χ1) is 41.0. The average molecular weight is 1190 g/mol. The predicted molar refractivity (Wildman–Crippen MR) is 360 cm³/mol. The number of carbonyl (C=O) groups excluding carboxylic acids is 2. The maximum absolute atomic E-state index is 12.9. The van der Waals surface area contributed by atoms with Crippen molar-refractivity contribution in [1.29, 1.82) is 0 Å². The van der Waals surface area contributed by atoms with Gasteiger partial charge in [0.15, 0.2) is 6.10 Å². The summed E-state index contributed by atoms with van der Waals surface area (Å²) in [5.41, 5.74) is 0. The van der Waals surface area contributed by atoms with Gasteiger partial charge in [-0.1, -0.05) is 283 Å². The lowest BCUT2D eigenvalue weighted by Gasteiger charge is -2.28. The zero-order chi connectivity index (χ0) is 61.2. The number of hydrogen-bond donors (Lipinski definition) is 0. The van der Waals surface area contributed by atoms with E-state index in [2.05, 4.69) is 135 Å². The molecule has 0 radical (unpaired) electrons. The quantitative estimate of drug-likeness (QED) is 0.0195. The Balaban J connectivity index is 4.13. The Morgan fingerprint density at radius 2 is 0.679 bits per heavy atom. The summed E-state index contributed by atoms with van der Waals surface area (Å²) < 4.78 is 34.3. The lowest BCUT2D eigenvalue weighted by atomic mass is 10.0. The highest BCUT2D eigenvalue weighted by Crippen LogP contribution is 2.38. The molecule has 84 heavy (non-hydrogen) atoms. The number of quaternary nitrogens is 1. The Morgan fingerprint density at radius 3 is 1.01 bits per heavy atom. The Kier molecular flexibility index (Phi) is 61.2. The topological polar surface area (TPSA) is 111 Å². The van der Waals surface area contributed by atoms with Gasteiger partial charge >= 0.3 is 11.9 Å². The van der Waals surface area contributed by atoms with E-state index in [9.17, 15) is 19.0 Å². The number of ether oxygens (including phenoxy) is 2. The zero-order valence-corrected chi connectivity index (χ0v) is 55.7. The smallest absolute Gasteiger partial charge is 0.306 e. The summed E-state index contributed by atoms with van der Waals surface area (Å²) in [4.78, 5) is 38.1. The van der Waals surface area contributed by atoms with Crippen LogP contribution >= 0.6 is 7.82 Å². The third-order valence-electron chi connectivity index (χ3n) is 14.5. The van der Waals surface area contributed by atoms with E-state index in [-0.39, 0.29) is 32.0 Å². The molecule has 0 heterocycles. The number of rotatable bonds is 62. The maximum Gasteiger partial charge on any atom is 0.306 e. The minimum Gasteiger partial charge on any atom is -0.756 e. The standard InChI is InChI=1S/C74H128NO8P/c1-6-8-10-12-14-16-18-20-22-24-26-28-30-32-34-35-36-37-38-39-41-43-45-47-49-51-53-55-57-59-61-63-65-67-74(77)83-72(71-82-84(78,79)81-69-68-75(3,4)5)70-80-73(76)66-64-62-60-58-56-54-52-50-48-46-44-42-40-33-31-29-27-25-23-21-19-17-15-13-11-9-7-2/h8,10,14,16,19-22,25-28,32,34,36-37,39,41,45,47,72H,6-7,9,11-13,15,17-18,23-24,29-31,33,35,38,40,42-44,46,48-71H2,1-5H3/b10-8-,16-14-,21-19-,22-20-,27-25-,28-26-,34-32-,37-36-,41-39-,47-45-. The summed E-state index contributed by atoms with van der Waals surface area (Å²) in [5.74, 6) is -0.842. The van der Waals surface area contributed by atoms with Crippen molar-refractivity contribution in [2.45, 2.75) is 290 Å². The number of esters is 2. The summed E-state index contributed by atoms with van der Waals surface area (Å²) in [5, 5.41) is 0. The van der Waals surface area contributed by atoms with Crippen molar-refractivity contribution in [2.24, 2.45) is 0 Å². The molecular formula is C74H128NO8P. The molecule has 0 saturated heterocycles. The molecule has 0 aliphatic heterocycles. The molecule has 0 aliphatic rings. The van der Waals surface area contributed by atoms with Gasteiger partial charge in [-0.15, -0.1) is 0 Å². The molecule has 0 bridgehead atoms. The molecule has 9 nitrogen and oxygen atoms in total. The highest BCUT2D eigenvalue weighted by molar-refractivity contribution is 7.45. The van der Waals surface area contributed by atoms with Gasteiger partial charge in [0.05, 0.1) is 27.7 Å². The van der Waals surface area contributed by atoms with Crippen molar-refractivity contribution in [2.75, 3.05) is 47.5 Å². The first kappa shape index (κ1) is 80.4. The lowest BCUT2D eigenvalue weighted by molar-refractivity contribution is -0.870. The molecule has 10 heteroatoms. The number of carbonyl (C=O) groups is 2. The van der Waals surface area contributed by atoms with Crippen LogP contribution in [0.25, 0.3) is 0 Å². The van der Waals surface area contributed by atoms with Crippen LogP contribution < -0.4 is 4.89 Å². The van der Waals surface area contributed by atoms with Gasteiger partial charge in [0, 0.05) is 12.8 Å². The van der Waals surface area contributed by atoms with Crippen LogP contribution in [-0.2, 0) is 32.7 Å². The summed E-state index contributed by atoms with van der Waals surface area (Å²) in [6, 6.07) is 0. The molecular weight excluding hydrogens is 1060 g/mol. The van der Waals surface area contributed by atoms with Crippen LogP contribution in [0.1, 0.15) is 284 Å². The van der Waals surface area contributed by atoms with Crippen molar-refractivity contribution in [3.05, 3.63) is 122 Å². The minimum absolute atomic E-state index is 0.0377. The second-order valence-electron chi connectivity index (χ2n) is 23.8. The SMILES string of the molecule is CC/C=C\C/C=C\C/C=C\C/C=C\C/C=C\C/C=C\C/C=C\C/C=C\CCCCCCCCCCC(=O)OC(COC(=O)CCCCCCCCCCCCCCCCC/C=C\C/C=C\CCCCCCC)COP(=O)([O-])OCC[N+](C)(C)C. The second kappa shape index (κ2) is 63.9. The largest absolute Gasteiger partial charge is 0.756 e. The van der Waals surface area contributed by atoms with E-state index in [1.54, 1.807) is 0 Å². The van der Waals surface area contributed by atoms with Gasteiger partial charge in [-0.25, -0.2) is 0 Å². The van der Waals surface area contributed by atoms with E-state index in [4.69, 9.17) is 18.5 Å². The second-order valence-corrected chi connectivity index (χ2v) is 25.2. The molecule has 482 valence electrons. The fourth-order valence-corrected chi connectivity index (χ4v) is 9.96. The molecule has 0 aliphatic carbocycles. The Morgan fingerprint density at radius 1 is 0.381 bits per heavy atom. The molecule has 2 atom stereocenters. The normalized spacial score (nSPS) is 13.9. The molecule has 0 N–H and O–H groups in total. The number of allylic oxidation sites excluding steroid dienone is 20. The van der Waals surface area contributed by atoms with Crippen LogP contribution in [0.3, 0.4) is 0 Å². The number of nitrogens with zero attached hydrogens (tertiary/aromatic N) is 1. The van der Waals surface area contributed by atoms with Crippen molar-refractivity contribution in [3.8, 4) is 0 Å². The van der Waals surface area contributed by atoms with E-state index in [1.807, 2.05) is 21.1 Å². The summed E-state index contributed by atoms with van der Waals surface area (Å²) in [6.07, 6.45) is 91.2. The van der Waals surface area contributed by atoms with E-state index in [1.165, 1.54) is 148 Å². The van der Waals surface area contributed by atoms with Crippen molar-refractivity contribution >= 4 is 19.8 Å². The van der Waals surface area contributed by atoms with Crippen LogP contribution in [0.5, 0.6) is 0 Å². The van der Waals surface area contributed by atoms with Gasteiger partial charge < -0.3 is 27.9 Å². The molecule has 0 aromatic carbocycles. The zero-order valence-electron chi connectivity index (χ0n) is 54.8. The molecule has 0 aromatic heterocycles. The van der Waals surface area contributed by atoms with Crippen molar-refractivity contribution in [3.63, 3.8) is 0 Å². The van der Waals surface area contributed by atoms with Gasteiger partial charge in [0.25, 0.3) is 7.82 Å². The summed E-state index contributed by atoms with van der Waals surface area (Å²) in [6.45, 7) is 4.12. The lowest BCUT2D eigenvalue weighted by Crippen LogP contribution is -2.37. The van der Waals surface area contributed by atoms with Crippen molar-refractivity contribution in [1.82, 2.24) is 0 Å². The Labute approximate surface area is 518 Å². The Bertz CT molecular complexity index is 1830. The van der Waals surface area contributed by atoms with Crippen LogP contribution in [-0.4, -0.2) is 70.0 Å². The van der Waals surface area contributed by atoms with Crippen molar-refractivity contribution < 1.29 is 42.1 Å². The number of unbranched alkanes of at least 4 members (excludes halogenated alkanes) is 28. The molecule has 0 fully saturated rings. The maximum atomic E-state index is 12.9. The molecule has 0 aromatic rings. The molecule has 0 spiro atoms. The minimum atomic E-state index is -4.65. The third-order valence-corrected chi connectivity index (χ3v) is 15.4. The van der Waals surface area contributed by atoms with E-state index >= 15 is 0 Å². The van der Waals surface area contributed by atoms with Crippen LogP contribution in [0.4, 0.5) is 0 Å². The molecule has 2 unspecified atom stereocenters. The van der Waals surface area contributed by atoms with Crippen LogP contribution in [0.2, 0.25) is 0 Å². The predicted octanol–water partition coefficient (Wildman–Crippen LogP) is 21.6. The first-order valence-electron chi connectivity index (χ1n) is 34.2. The van der Waals surface area contributed by atoms with Crippen LogP contribution in [0, 0.1) is 0 Å². The van der Waals surface area contributed by atoms with Gasteiger partial charge in [-0.05, 0) is 109 Å². The van der Waals surface area contributed by atoms with E-state index < -0.39 is 26.5 Å². The summed E-state index contributed by atoms with van der Waals surface area (Å²) in [7, 11) is 1.15. The van der Waals surface area contributed by atoms with Gasteiger partial charge in [0.1, 0.15) is 19.8 Å². The van der Waals surface area contributed by atoms with Crippen LogP contribution in [0.15, 0.2) is 122 Å². The Hall–Kier alpha value is -3.59. The number of likely N-dealkylation sites (N-methyl/N-ethyl adjacent to an activating group) is 1. The number of hydrogen-bond acceptors (Lipinski definition) is 8. The molecule has 0 amide bonds. The first-order valence-corrected chi connectivity index (χ1v) is 35.7. The fraction of sp³-hybridized carbons (Fsp3) is 0.703. The van der Waals surface area contributed by atoms with Gasteiger partial charge in [-0.2, -0.15) is 0 Å². The third kappa shape index (κ3) is 67.5. The molecule has 0 saturated carbocycles. The average Bonchev–Trinajstić information content (AvgIpc) is 3.61. The highest BCUT2D eigenvalue weighted by atomic mass is 31.2. The molecule has 0 rings (SSSR count). The number of phosphoric ester groups is 1. The number of phosphoric acid groups is 1. The monoisotopic (exact) mass is 1190 g/mol. The van der Waals surface area contributed by atoms with Gasteiger partial charge in [-0.3, -0.25) is 14.2 Å².